The largest absolute Gasteiger partial charge is 0.491 e. The van der Waals surface area contributed by atoms with Crippen molar-refractivity contribution < 1.29 is 4.74 Å². The van der Waals surface area contributed by atoms with Crippen molar-refractivity contribution in [3.8, 4) is 5.75 Å². The van der Waals surface area contributed by atoms with Crippen LogP contribution >= 0.6 is 34.2 Å². The monoisotopic (exact) mass is 282 g/mol. The van der Waals surface area contributed by atoms with Gasteiger partial charge in [-0.05, 0) is 41.6 Å². The van der Waals surface area contributed by atoms with Gasteiger partial charge in [-0.15, -0.1) is 0 Å². The standard InChI is InChI=1S/C8H8ClIO/c1-2-11-8-6(9)4-3-5-7(8)10/h3-5H,2H2,1H3. The molecule has 0 amide bonds. The van der Waals surface area contributed by atoms with Gasteiger partial charge in [0.1, 0.15) is 0 Å². The van der Waals surface area contributed by atoms with Gasteiger partial charge in [0.25, 0.3) is 0 Å². The predicted molar refractivity (Wildman–Crippen MR) is 55.3 cm³/mol. The van der Waals surface area contributed by atoms with Crippen LogP contribution in [-0.2, 0) is 0 Å². The van der Waals surface area contributed by atoms with Gasteiger partial charge >= 0.3 is 0 Å². The molecule has 0 saturated carbocycles. The Morgan fingerprint density at radius 3 is 2.82 bits per heavy atom. The minimum Gasteiger partial charge on any atom is -0.491 e. The topological polar surface area (TPSA) is 9.23 Å². The summed E-state index contributed by atoms with van der Waals surface area (Å²) in [7, 11) is 0. The minimum absolute atomic E-state index is 0.653. The Balaban J connectivity index is 3.00. The molecule has 11 heavy (non-hydrogen) atoms. The Bertz CT molecular complexity index is 230. The summed E-state index contributed by atoms with van der Waals surface area (Å²) in [6.07, 6.45) is 0. The third-order valence-corrected chi connectivity index (χ3v) is 2.35. The highest BCUT2D eigenvalue weighted by atomic mass is 127. The van der Waals surface area contributed by atoms with E-state index in [2.05, 4.69) is 22.6 Å². The van der Waals surface area contributed by atoms with E-state index in [1.165, 1.54) is 0 Å². The molecule has 0 aliphatic rings. The summed E-state index contributed by atoms with van der Waals surface area (Å²) < 4.78 is 6.38. The average Bonchev–Trinajstić information content (AvgIpc) is 1.97. The van der Waals surface area contributed by atoms with Crippen LogP contribution in [0.25, 0.3) is 0 Å². The van der Waals surface area contributed by atoms with Gasteiger partial charge in [0.2, 0.25) is 0 Å². The maximum absolute atomic E-state index is 5.88. The maximum Gasteiger partial charge on any atom is 0.151 e. The molecule has 3 heteroatoms. The van der Waals surface area contributed by atoms with E-state index >= 15 is 0 Å². The first-order valence-corrected chi connectivity index (χ1v) is 4.78. The first-order valence-electron chi connectivity index (χ1n) is 3.32. The lowest BCUT2D eigenvalue weighted by Crippen LogP contribution is -1.94. The second kappa shape index (κ2) is 4.16. The van der Waals surface area contributed by atoms with Gasteiger partial charge in [-0.2, -0.15) is 0 Å². The lowest BCUT2D eigenvalue weighted by atomic mass is 10.3. The Kier molecular flexibility index (Phi) is 3.45. The zero-order valence-electron chi connectivity index (χ0n) is 6.10. The fourth-order valence-corrected chi connectivity index (χ4v) is 1.81. The van der Waals surface area contributed by atoms with Crippen LogP contribution in [0.3, 0.4) is 0 Å². The zero-order valence-corrected chi connectivity index (χ0v) is 9.02. The molecule has 1 nitrogen and oxygen atoms in total. The average molecular weight is 283 g/mol. The molecule has 0 spiro atoms. The molecule has 1 rings (SSSR count). The van der Waals surface area contributed by atoms with Crippen LogP contribution in [0.5, 0.6) is 5.75 Å². The van der Waals surface area contributed by atoms with Gasteiger partial charge < -0.3 is 4.74 Å². The number of para-hydroxylation sites is 1. The number of rotatable bonds is 2. The normalized spacial score (nSPS) is 9.73. The van der Waals surface area contributed by atoms with E-state index in [0.29, 0.717) is 11.6 Å². The smallest absolute Gasteiger partial charge is 0.151 e. The maximum atomic E-state index is 5.88. The van der Waals surface area contributed by atoms with Crippen molar-refractivity contribution in [3.05, 3.63) is 26.8 Å². The van der Waals surface area contributed by atoms with Gasteiger partial charge in [0, 0.05) is 0 Å². The summed E-state index contributed by atoms with van der Waals surface area (Å²) in [4.78, 5) is 0. The van der Waals surface area contributed by atoms with Crippen LogP contribution < -0.4 is 4.74 Å². The van der Waals surface area contributed by atoms with E-state index in [9.17, 15) is 0 Å². The summed E-state index contributed by atoms with van der Waals surface area (Å²) in [5.41, 5.74) is 0. The molecule has 0 bridgehead atoms. The highest BCUT2D eigenvalue weighted by Gasteiger charge is 2.03. The quantitative estimate of drug-likeness (QED) is 0.756. The van der Waals surface area contributed by atoms with Crippen molar-refractivity contribution in [3.63, 3.8) is 0 Å². The molecule has 0 aliphatic heterocycles. The summed E-state index contributed by atoms with van der Waals surface area (Å²) in [5, 5.41) is 0.679. The molecule has 0 N–H and O–H groups in total. The van der Waals surface area contributed by atoms with Gasteiger partial charge in [0.05, 0.1) is 15.2 Å². The van der Waals surface area contributed by atoms with Crippen molar-refractivity contribution in [2.45, 2.75) is 6.92 Å². The number of hydrogen-bond acceptors (Lipinski definition) is 1. The molecule has 0 unspecified atom stereocenters. The molecular weight excluding hydrogens is 274 g/mol. The minimum atomic E-state index is 0.653. The third-order valence-electron chi connectivity index (χ3n) is 1.21. The predicted octanol–water partition coefficient (Wildman–Crippen LogP) is 3.34. The number of ether oxygens (including phenoxy) is 1. The first-order chi connectivity index (χ1) is 5.25. The molecule has 0 aromatic heterocycles. The second-order valence-corrected chi connectivity index (χ2v) is 3.55. The Morgan fingerprint density at radius 2 is 2.27 bits per heavy atom. The highest BCUT2D eigenvalue weighted by molar-refractivity contribution is 14.1. The molecule has 60 valence electrons. The molecule has 1 aromatic rings. The fourth-order valence-electron chi connectivity index (χ4n) is 0.765. The number of hydrogen-bond donors (Lipinski definition) is 0. The van der Waals surface area contributed by atoms with Crippen molar-refractivity contribution in [2.24, 2.45) is 0 Å². The molecule has 1 aromatic carbocycles. The highest BCUT2D eigenvalue weighted by Crippen LogP contribution is 2.29. The fraction of sp³-hybridized carbons (Fsp3) is 0.250. The van der Waals surface area contributed by atoms with Crippen molar-refractivity contribution >= 4 is 34.2 Å². The summed E-state index contributed by atoms with van der Waals surface area (Å²) in [6.45, 7) is 2.60. The second-order valence-electron chi connectivity index (χ2n) is 1.98. The Labute approximate surface area is 84.8 Å². The Hall–Kier alpha value is 0.0400. The first kappa shape index (κ1) is 9.13. The van der Waals surface area contributed by atoms with Gasteiger partial charge in [-0.1, -0.05) is 17.7 Å². The lowest BCUT2D eigenvalue weighted by Gasteiger charge is -2.06. The molecular formula is C8H8ClIO. The third kappa shape index (κ3) is 2.24. The van der Waals surface area contributed by atoms with E-state index in [1.807, 2.05) is 25.1 Å². The summed E-state index contributed by atoms with van der Waals surface area (Å²) in [6, 6.07) is 5.71. The molecule has 0 aliphatic carbocycles. The summed E-state index contributed by atoms with van der Waals surface area (Å²) >= 11 is 8.08. The van der Waals surface area contributed by atoms with Gasteiger partial charge in [-0.3, -0.25) is 0 Å². The van der Waals surface area contributed by atoms with Gasteiger partial charge in [0.15, 0.2) is 5.75 Å². The molecule has 0 saturated heterocycles. The van der Waals surface area contributed by atoms with Crippen LogP contribution in [-0.4, -0.2) is 6.61 Å². The lowest BCUT2D eigenvalue weighted by molar-refractivity contribution is 0.338. The van der Waals surface area contributed by atoms with E-state index in [0.717, 1.165) is 9.32 Å². The van der Waals surface area contributed by atoms with Crippen molar-refractivity contribution in [2.75, 3.05) is 6.61 Å². The van der Waals surface area contributed by atoms with E-state index in [1.54, 1.807) is 0 Å². The molecule has 0 atom stereocenters. The molecule has 0 radical (unpaired) electrons. The molecule has 0 heterocycles. The van der Waals surface area contributed by atoms with Crippen molar-refractivity contribution in [1.82, 2.24) is 0 Å². The van der Waals surface area contributed by atoms with Crippen LogP contribution in [0, 0.1) is 3.57 Å². The number of halogens is 2. The van der Waals surface area contributed by atoms with E-state index in [-0.39, 0.29) is 0 Å². The van der Waals surface area contributed by atoms with E-state index in [4.69, 9.17) is 16.3 Å². The van der Waals surface area contributed by atoms with Crippen LogP contribution in [0.2, 0.25) is 5.02 Å². The van der Waals surface area contributed by atoms with Crippen LogP contribution in [0.15, 0.2) is 18.2 Å². The van der Waals surface area contributed by atoms with Crippen LogP contribution in [0.1, 0.15) is 6.92 Å². The summed E-state index contributed by atoms with van der Waals surface area (Å²) in [5.74, 6) is 0.789. The van der Waals surface area contributed by atoms with Gasteiger partial charge in [-0.25, -0.2) is 0 Å². The van der Waals surface area contributed by atoms with Crippen LogP contribution in [0.4, 0.5) is 0 Å². The molecule has 0 fully saturated rings. The van der Waals surface area contributed by atoms with Crippen molar-refractivity contribution in [1.29, 1.82) is 0 Å². The Morgan fingerprint density at radius 1 is 1.55 bits per heavy atom. The number of benzene rings is 1. The SMILES string of the molecule is CCOc1c(Cl)cccc1I. The van der Waals surface area contributed by atoms with E-state index < -0.39 is 0 Å². The zero-order chi connectivity index (χ0) is 8.27.